The lowest BCUT2D eigenvalue weighted by atomic mass is 9.63. The zero-order valence-electron chi connectivity index (χ0n) is 83.8. The van der Waals surface area contributed by atoms with E-state index in [1.165, 1.54) is 118 Å². The summed E-state index contributed by atoms with van der Waals surface area (Å²) in [5.74, 6) is 0. The fourth-order valence-corrected chi connectivity index (χ4v) is 25.9. The number of piperidine rings is 4. The third kappa shape index (κ3) is 25.0. The molecule has 0 saturated carbocycles. The molecular formula is C108H166N14O6S4. The molecule has 0 radical (unpaired) electrons. The van der Waals surface area contributed by atoms with Crippen LogP contribution in [-0.2, 0) is 48.1 Å². The molecule has 132 heavy (non-hydrogen) atoms. The number of hydrogen-bond donors (Lipinski definition) is 7. The van der Waals surface area contributed by atoms with Crippen LogP contribution in [0.4, 0.5) is 20.5 Å². The lowest BCUT2D eigenvalue weighted by molar-refractivity contribution is 0.0910. The van der Waals surface area contributed by atoms with Gasteiger partial charge in [-0.3, -0.25) is 19.6 Å². The number of ether oxygens (including phenoxy) is 1. The van der Waals surface area contributed by atoms with Gasteiger partial charge in [-0.15, -0.1) is 45.3 Å². The van der Waals surface area contributed by atoms with Crippen LogP contribution in [0.1, 0.15) is 277 Å². The maximum Gasteiger partial charge on any atom is 0.185 e. The van der Waals surface area contributed by atoms with E-state index in [0.717, 1.165) is 219 Å². The van der Waals surface area contributed by atoms with E-state index >= 15 is 0 Å². The van der Waals surface area contributed by atoms with E-state index in [1.807, 2.05) is 0 Å². The van der Waals surface area contributed by atoms with Gasteiger partial charge < -0.3 is 61.3 Å². The summed E-state index contributed by atoms with van der Waals surface area (Å²) in [4.78, 5) is 39.5. The van der Waals surface area contributed by atoms with Crippen molar-refractivity contribution in [3.8, 4) is 45.0 Å². The fourth-order valence-electron chi connectivity index (χ4n) is 22.4. The van der Waals surface area contributed by atoms with Crippen molar-refractivity contribution in [2.45, 2.75) is 300 Å². The Morgan fingerprint density at radius 3 is 0.765 bits per heavy atom. The van der Waals surface area contributed by atoms with Crippen molar-refractivity contribution >= 4 is 65.9 Å². The number of fused-ring (bicyclic) bond motifs is 4. The molecule has 0 bridgehead atoms. The Bertz CT molecular complexity index is 4780. The lowest BCUT2D eigenvalue weighted by Crippen LogP contribution is -2.47. The fraction of sp³-hybridized carbons (Fsp3) is 0.667. The van der Waals surface area contributed by atoms with Crippen molar-refractivity contribution in [3.05, 3.63) is 139 Å². The second-order valence-corrected chi connectivity index (χ2v) is 47.8. The average molecular weight is 1880 g/mol. The second-order valence-electron chi connectivity index (χ2n) is 44.4. The Balaban J connectivity index is 0.000000150. The summed E-state index contributed by atoms with van der Waals surface area (Å²) in [5.41, 5.74) is 34.6. The minimum Gasteiger partial charge on any atom is -0.396 e. The van der Waals surface area contributed by atoms with Crippen LogP contribution in [-0.4, -0.2) is 254 Å². The molecule has 0 atom stereocenters. The minimum absolute atomic E-state index is 0.177. The molecule has 4 aliphatic carbocycles. The molecule has 9 N–H and O–H groups in total. The molecule has 4 aromatic heterocycles. The van der Waals surface area contributed by atoms with E-state index in [9.17, 15) is 25.5 Å². The van der Waals surface area contributed by atoms with E-state index in [4.69, 9.17) is 36.1 Å². The zero-order chi connectivity index (χ0) is 94.6. The largest absolute Gasteiger partial charge is 0.396 e. The molecule has 4 aliphatic heterocycles. The number of thiazole rings is 4. The molecule has 4 fully saturated rings. The van der Waals surface area contributed by atoms with Crippen molar-refractivity contribution < 1.29 is 30.3 Å². The Morgan fingerprint density at radius 2 is 0.538 bits per heavy atom. The standard InChI is InChI=1S/C28H44N4OS.2C27H41N3O2S.C26H40N4OS/c1-27(2)11-12-28(3,4)24-19-21(7-8-23(24)27)25-20-34-26(30-25)32-15-9-22(10-16-32)31(17-18-33)14-6-5-13-29;1-26(2)10-11-27(3,4)23-18-20(6-7-22(23)26)24-19-33-25(28-24)30-12-8-21(9-13-30)29(14-16-31)15-17-32-5;1-26(2)10-11-27(3,4)23-18-20(6-7-22(23)26)24-19-33-25(28-24)30-13-8-21(9-14-30)29(15-17-32)12-5-16-31;1-25(2)9-10-26(3,4)22-17-19(5-6-21(22)25)23-18-32-24(28-23)30-12-7-20(8-13-30)29(14-11-27)15-16-31/h7-8,19-20,22,33H,5-6,9-18,29H2,1-4H3;6-7,18-19,21,31H,8-17H2,1-5H3;6-7,18-19,21,31-32H,5,8-17H2,1-4H3;5-6,17-18,20,31H,7-16,27H2,1-4H3. The first-order valence-corrected chi connectivity index (χ1v) is 53.8. The highest BCUT2D eigenvalue weighted by atomic mass is 32.1. The summed E-state index contributed by atoms with van der Waals surface area (Å²) < 4.78 is 5.26. The summed E-state index contributed by atoms with van der Waals surface area (Å²) in [6.45, 7) is 55.8. The highest BCUT2D eigenvalue weighted by Crippen LogP contribution is 2.52. The topological polar surface area (TPSA) is 240 Å². The van der Waals surface area contributed by atoms with Crippen LogP contribution in [0.3, 0.4) is 0 Å². The van der Waals surface area contributed by atoms with Gasteiger partial charge in [0.2, 0.25) is 0 Å². The van der Waals surface area contributed by atoms with Gasteiger partial charge in [0.05, 0.1) is 55.8 Å². The summed E-state index contributed by atoms with van der Waals surface area (Å²) in [6, 6.07) is 30.2. The summed E-state index contributed by atoms with van der Waals surface area (Å²) in [7, 11) is 1.74. The van der Waals surface area contributed by atoms with Crippen LogP contribution >= 0.6 is 45.3 Å². The molecule has 24 heteroatoms. The molecular weight excluding hydrogens is 1720 g/mol. The normalized spacial score (nSPS) is 20.3. The molecule has 0 spiro atoms. The van der Waals surface area contributed by atoms with Crippen molar-refractivity contribution in [1.82, 2.24) is 39.5 Å². The summed E-state index contributed by atoms with van der Waals surface area (Å²) in [6.07, 6.45) is 21.6. The molecule has 20 nitrogen and oxygen atoms in total. The summed E-state index contributed by atoms with van der Waals surface area (Å²) in [5, 5.41) is 60.3. The maximum atomic E-state index is 9.51. The van der Waals surface area contributed by atoms with Crippen LogP contribution in [0.5, 0.6) is 0 Å². The molecule has 728 valence electrons. The third-order valence-electron chi connectivity index (χ3n) is 31.6. The van der Waals surface area contributed by atoms with Gasteiger partial charge >= 0.3 is 0 Å². The van der Waals surface area contributed by atoms with Crippen LogP contribution in [0.2, 0.25) is 0 Å². The van der Waals surface area contributed by atoms with Gasteiger partial charge in [-0.1, -0.05) is 159 Å². The van der Waals surface area contributed by atoms with Crippen LogP contribution in [0, 0.1) is 0 Å². The van der Waals surface area contributed by atoms with Crippen molar-refractivity contribution in [2.75, 3.05) is 184 Å². The first-order chi connectivity index (χ1) is 63.0. The molecule has 0 unspecified atom stereocenters. The van der Waals surface area contributed by atoms with Gasteiger partial charge in [0, 0.05) is 186 Å². The number of hydrogen-bond acceptors (Lipinski definition) is 24. The number of anilines is 4. The van der Waals surface area contributed by atoms with Crippen LogP contribution in [0.15, 0.2) is 94.3 Å². The number of nitrogens with zero attached hydrogens (tertiary/aromatic N) is 12. The second kappa shape index (κ2) is 45.4. The van der Waals surface area contributed by atoms with E-state index in [0.29, 0.717) is 43.9 Å². The Hall–Kier alpha value is -5.88. The molecule has 0 amide bonds. The number of rotatable bonds is 32. The number of aliphatic hydroxyl groups is 5. The quantitative estimate of drug-likeness (QED) is 0.0194. The monoisotopic (exact) mass is 1880 g/mol. The van der Waals surface area contributed by atoms with Crippen molar-refractivity contribution in [3.63, 3.8) is 0 Å². The van der Waals surface area contributed by atoms with Crippen LogP contribution in [0.25, 0.3) is 45.0 Å². The third-order valence-corrected chi connectivity index (χ3v) is 35.2. The molecule has 8 aromatic rings. The average Bonchev–Trinajstić information content (AvgIpc) is 1.14. The Kier molecular flexibility index (Phi) is 35.6. The first-order valence-electron chi connectivity index (χ1n) is 50.3. The van der Waals surface area contributed by atoms with Gasteiger partial charge in [-0.25, -0.2) is 19.9 Å². The minimum atomic E-state index is 0.177. The van der Waals surface area contributed by atoms with Gasteiger partial charge in [-0.2, -0.15) is 0 Å². The van der Waals surface area contributed by atoms with Crippen molar-refractivity contribution in [1.29, 1.82) is 0 Å². The van der Waals surface area contributed by atoms with E-state index < -0.39 is 0 Å². The summed E-state index contributed by atoms with van der Waals surface area (Å²) >= 11 is 7.04. The molecule has 4 saturated heterocycles. The van der Waals surface area contributed by atoms with E-state index in [1.54, 1.807) is 52.5 Å². The SMILES string of the molecule is CC1(C)CCC(C)(C)c2cc(-c3csc(N4CCC(N(CCN)CCO)CC4)n3)ccc21.CC1(C)CCC(C)(C)c2cc(-c3csc(N4CCC(N(CCO)CCCCN)CC4)n3)ccc21.CC1(C)CCC(C)(C)c2cc(-c3csc(N4CCC(N(CCO)CCCO)CC4)n3)ccc21.COCCN(CCO)C1CCN(c2nc(-c3ccc4c(c3)C(C)(C)CCC4(C)C)cs2)CC1. The predicted molar refractivity (Wildman–Crippen MR) is 558 cm³/mol. The van der Waals surface area contributed by atoms with Gasteiger partial charge in [0.25, 0.3) is 0 Å². The highest BCUT2D eigenvalue weighted by molar-refractivity contribution is 7.15. The van der Waals surface area contributed by atoms with Gasteiger partial charge in [0.15, 0.2) is 20.5 Å². The highest BCUT2D eigenvalue weighted by Gasteiger charge is 2.43. The number of nitrogens with two attached hydrogens (primary N) is 2. The smallest absolute Gasteiger partial charge is 0.185 e. The molecule has 16 rings (SSSR count). The Morgan fingerprint density at radius 1 is 0.303 bits per heavy atom. The lowest BCUT2D eigenvalue weighted by Gasteiger charge is -2.42. The number of methoxy groups -OCH3 is 1. The number of aromatic nitrogens is 4. The Labute approximate surface area is 809 Å². The van der Waals surface area contributed by atoms with Crippen molar-refractivity contribution in [2.24, 2.45) is 11.5 Å². The first kappa shape index (κ1) is 103. The maximum absolute atomic E-state index is 9.51. The van der Waals surface area contributed by atoms with E-state index in [2.05, 4.69) is 244 Å². The number of aliphatic hydroxyl groups excluding tert-OH is 5. The number of benzene rings is 4. The van der Waals surface area contributed by atoms with E-state index in [-0.39, 0.29) is 76.4 Å². The predicted octanol–water partition coefficient (Wildman–Crippen LogP) is 19.4. The molecule has 4 aromatic carbocycles. The van der Waals surface area contributed by atoms with Gasteiger partial charge in [-0.05, 0) is 247 Å². The molecule has 8 heterocycles. The zero-order valence-corrected chi connectivity index (χ0v) is 87.0. The van der Waals surface area contributed by atoms with Gasteiger partial charge in [0.1, 0.15) is 0 Å². The molecule has 8 aliphatic rings. The van der Waals surface area contributed by atoms with Crippen LogP contribution < -0.4 is 31.1 Å². The number of unbranched alkanes of at least 4 members (excludes halogenated alkanes) is 1.